The van der Waals surface area contributed by atoms with Crippen LogP contribution in [0.1, 0.15) is 27.7 Å². The first-order chi connectivity index (χ1) is 13.8. The second kappa shape index (κ2) is 6.66. The Morgan fingerprint density at radius 3 is 2.24 bits per heavy atom. The third kappa shape index (κ3) is 3.18. The molecular weight excluding hydrogens is 379 g/mol. The minimum atomic E-state index is -0.379. The van der Waals surface area contributed by atoms with E-state index in [1.807, 2.05) is 18.2 Å². The monoisotopic (exact) mass is 402 g/mol. The molecule has 0 bridgehead atoms. The summed E-state index contributed by atoms with van der Waals surface area (Å²) in [5.41, 5.74) is 2.46. The summed E-state index contributed by atoms with van der Waals surface area (Å²) in [6, 6.07) is 22.8. The van der Waals surface area contributed by atoms with Gasteiger partial charge in [0, 0.05) is 5.56 Å². The molecular formula is C24H23BO3S. The van der Waals surface area contributed by atoms with E-state index in [0.717, 1.165) is 37.9 Å². The lowest BCUT2D eigenvalue weighted by Crippen LogP contribution is -2.41. The van der Waals surface area contributed by atoms with E-state index in [9.17, 15) is 0 Å². The fourth-order valence-electron chi connectivity index (χ4n) is 3.61. The Labute approximate surface area is 176 Å². The predicted molar refractivity (Wildman–Crippen MR) is 118 cm³/mol. The fraction of sp³-hybridized carbons (Fsp3) is 0.250. The summed E-state index contributed by atoms with van der Waals surface area (Å²) in [4.78, 5) is 2.27. The molecule has 0 aliphatic carbocycles. The standard InChI is InChI=1S/C24H23BO3S/c1-23(2)24(3,4)28-25(27-23)17-10-7-9-16(15-17)18-11-8-14-21-22(18)26-19-12-5-6-13-20(19)29-21/h5-15H,1-4H3. The van der Waals surface area contributed by atoms with Crippen molar-refractivity contribution in [1.29, 1.82) is 0 Å². The zero-order chi connectivity index (χ0) is 20.2. The highest BCUT2D eigenvalue weighted by Crippen LogP contribution is 2.50. The number of benzene rings is 3. The van der Waals surface area contributed by atoms with E-state index in [0.29, 0.717) is 0 Å². The van der Waals surface area contributed by atoms with E-state index in [1.165, 1.54) is 0 Å². The summed E-state index contributed by atoms with van der Waals surface area (Å²) in [5.74, 6) is 1.81. The molecule has 1 fully saturated rings. The van der Waals surface area contributed by atoms with Crippen LogP contribution < -0.4 is 10.2 Å². The van der Waals surface area contributed by atoms with Crippen molar-refractivity contribution in [3.8, 4) is 22.6 Å². The largest absolute Gasteiger partial charge is 0.494 e. The first kappa shape index (κ1) is 18.8. The highest BCUT2D eigenvalue weighted by Gasteiger charge is 2.51. The summed E-state index contributed by atoms with van der Waals surface area (Å²) in [5, 5.41) is 0. The van der Waals surface area contributed by atoms with Crippen LogP contribution >= 0.6 is 11.8 Å². The Bertz CT molecular complexity index is 1080. The molecule has 3 aromatic rings. The third-order valence-corrected chi connectivity index (χ3v) is 7.08. The number of hydrogen-bond acceptors (Lipinski definition) is 4. The quantitative estimate of drug-likeness (QED) is 0.390. The minimum Gasteiger partial charge on any atom is -0.454 e. The zero-order valence-electron chi connectivity index (χ0n) is 17.1. The lowest BCUT2D eigenvalue weighted by molar-refractivity contribution is 0.00578. The number of hydrogen-bond donors (Lipinski definition) is 0. The van der Waals surface area contributed by atoms with E-state index in [2.05, 4.69) is 76.2 Å². The van der Waals surface area contributed by atoms with E-state index in [-0.39, 0.29) is 18.3 Å². The van der Waals surface area contributed by atoms with Gasteiger partial charge in [-0.3, -0.25) is 0 Å². The van der Waals surface area contributed by atoms with Crippen molar-refractivity contribution in [1.82, 2.24) is 0 Å². The van der Waals surface area contributed by atoms with Crippen LogP contribution in [0.3, 0.4) is 0 Å². The number of para-hydroxylation sites is 2. The topological polar surface area (TPSA) is 27.7 Å². The van der Waals surface area contributed by atoms with Crippen molar-refractivity contribution in [2.45, 2.75) is 48.7 Å². The molecule has 5 rings (SSSR count). The van der Waals surface area contributed by atoms with Gasteiger partial charge >= 0.3 is 7.12 Å². The first-order valence-corrected chi connectivity index (χ1v) is 10.7. The normalized spacial score (nSPS) is 18.7. The van der Waals surface area contributed by atoms with Crippen molar-refractivity contribution in [2.24, 2.45) is 0 Å². The van der Waals surface area contributed by atoms with Crippen LogP contribution in [-0.2, 0) is 9.31 Å². The summed E-state index contributed by atoms with van der Waals surface area (Å²) in [7, 11) is -0.379. The van der Waals surface area contributed by atoms with Gasteiger partial charge in [0.2, 0.25) is 0 Å². The summed E-state index contributed by atoms with van der Waals surface area (Å²) >= 11 is 1.75. The molecule has 0 atom stereocenters. The molecule has 0 spiro atoms. The molecule has 0 aromatic heterocycles. The van der Waals surface area contributed by atoms with Crippen LogP contribution in [0.2, 0.25) is 0 Å². The average Bonchev–Trinajstić information content (AvgIpc) is 2.93. The first-order valence-electron chi connectivity index (χ1n) is 9.88. The minimum absolute atomic E-state index is 0.358. The number of rotatable bonds is 2. The lowest BCUT2D eigenvalue weighted by Gasteiger charge is -2.32. The maximum absolute atomic E-state index is 6.31. The van der Waals surface area contributed by atoms with Crippen LogP contribution in [0.4, 0.5) is 0 Å². The predicted octanol–water partition coefficient (Wildman–Crippen LogP) is 5.91. The second-order valence-electron chi connectivity index (χ2n) is 8.50. The SMILES string of the molecule is CC1(C)OB(c2cccc(-c3cccc4c3Oc3ccccc3S4)c2)OC1(C)C. The van der Waals surface area contributed by atoms with E-state index < -0.39 is 0 Å². The van der Waals surface area contributed by atoms with Gasteiger partial charge in [0.25, 0.3) is 0 Å². The van der Waals surface area contributed by atoms with Crippen molar-refractivity contribution < 1.29 is 14.0 Å². The molecule has 0 saturated carbocycles. The van der Waals surface area contributed by atoms with Gasteiger partial charge in [-0.2, -0.15) is 0 Å². The molecule has 3 aromatic carbocycles. The van der Waals surface area contributed by atoms with E-state index >= 15 is 0 Å². The van der Waals surface area contributed by atoms with Gasteiger partial charge in [0.1, 0.15) is 11.5 Å². The lowest BCUT2D eigenvalue weighted by atomic mass is 9.78. The van der Waals surface area contributed by atoms with Crippen LogP contribution in [0.5, 0.6) is 11.5 Å². The van der Waals surface area contributed by atoms with Gasteiger partial charge < -0.3 is 14.0 Å². The molecule has 0 amide bonds. The fourth-order valence-corrected chi connectivity index (χ4v) is 4.59. The molecule has 29 heavy (non-hydrogen) atoms. The van der Waals surface area contributed by atoms with Crippen LogP contribution in [0, 0.1) is 0 Å². The molecule has 1 saturated heterocycles. The zero-order valence-corrected chi connectivity index (χ0v) is 17.9. The highest BCUT2D eigenvalue weighted by atomic mass is 32.2. The molecule has 2 aliphatic rings. The maximum Gasteiger partial charge on any atom is 0.494 e. The van der Waals surface area contributed by atoms with Crippen LogP contribution in [0.15, 0.2) is 76.5 Å². The van der Waals surface area contributed by atoms with Crippen LogP contribution in [-0.4, -0.2) is 18.3 Å². The number of ether oxygens (including phenoxy) is 1. The molecule has 0 radical (unpaired) electrons. The third-order valence-electron chi connectivity index (χ3n) is 5.98. The molecule has 2 heterocycles. The highest BCUT2D eigenvalue weighted by molar-refractivity contribution is 7.99. The van der Waals surface area contributed by atoms with Gasteiger partial charge in [-0.25, -0.2) is 0 Å². The summed E-state index contributed by atoms with van der Waals surface area (Å²) in [6.45, 7) is 8.31. The van der Waals surface area contributed by atoms with Crippen molar-refractivity contribution in [3.63, 3.8) is 0 Å². The van der Waals surface area contributed by atoms with Crippen molar-refractivity contribution >= 4 is 24.3 Å². The molecule has 5 heteroatoms. The van der Waals surface area contributed by atoms with Crippen molar-refractivity contribution in [2.75, 3.05) is 0 Å². The molecule has 0 unspecified atom stereocenters. The summed E-state index contributed by atoms with van der Waals surface area (Å²) in [6.07, 6.45) is 0. The van der Waals surface area contributed by atoms with Gasteiger partial charge in [-0.05, 0) is 56.9 Å². The number of fused-ring (bicyclic) bond motifs is 2. The van der Waals surface area contributed by atoms with Crippen LogP contribution in [0.25, 0.3) is 11.1 Å². The molecule has 2 aliphatic heterocycles. The van der Waals surface area contributed by atoms with Gasteiger partial charge in [-0.1, -0.05) is 60.3 Å². The molecule has 146 valence electrons. The Morgan fingerprint density at radius 1 is 0.759 bits per heavy atom. The van der Waals surface area contributed by atoms with Gasteiger partial charge in [0.15, 0.2) is 0 Å². The Kier molecular flexibility index (Phi) is 4.32. The Morgan fingerprint density at radius 2 is 1.45 bits per heavy atom. The molecule has 0 N–H and O–H groups in total. The Balaban J connectivity index is 1.52. The van der Waals surface area contributed by atoms with E-state index in [1.54, 1.807) is 11.8 Å². The molecule has 3 nitrogen and oxygen atoms in total. The average molecular weight is 402 g/mol. The Hall–Kier alpha value is -2.21. The second-order valence-corrected chi connectivity index (χ2v) is 9.58. The smallest absolute Gasteiger partial charge is 0.454 e. The maximum atomic E-state index is 6.31. The summed E-state index contributed by atoms with van der Waals surface area (Å²) < 4.78 is 18.8. The van der Waals surface area contributed by atoms with E-state index in [4.69, 9.17) is 14.0 Å². The van der Waals surface area contributed by atoms with Crippen molar-refractivity contribution in [3.05, 3.63) is 66.7 Å². The van der Waals surface area contributed by atoms with Gasteiger partial charge in [0.05, 0.1) is 21.0 Å². The van der Waals surface area contributed by atoms with Gasteiger partial charge in [-0.15, -0.1) is 0 Å².